The van der Waals surface area contributed by atoms with Crippen LogP contribution in [0.5, 0.6) is 0 Å². The van der Waals surface area contributed by atoms with Gasteiger partial charge in [-0.1, -0.05) is 0 Å². The lowest BCUT2D eigenvalue weighted by Crippen LogP contribution is -2.12. The van der Waals surface area contributed by atoms with Gasteiger partial charge in [-0.3, -0.25) is 0 Å². The van der Waals surface area contributed by atoms with Crippen LogP contribution >= 0.6 is 0 Å². The first-order valence-electron chi connectivity index (χ1n) is 3.60. The van der Waals surface area contributed by atoms with Crippen molar-refractivity contribution >= 4 is 5.65 Å². The summed E-state index contributed by atoms with van der Waals surface area (Å²) in [5.41, 5.74) is 2.30. The van der Waals surface area contributed by atoms with E-state index in [1.54, 1.807) is 6.20 Å². The van der Waals surface area contributed by atoms with Crippen LogP contribution in [0.25, 0.3) is 5.65 Å². The van der Waals surface area contributed by atoms with Crippen LogP contribution in [0, 0.1) is 13.8 Å². The summed E-state index contributed by atoms with van der Waals surface area (Å²) in [6, 6.07) is 0. The second-order valence-electron chi connectivity index (χ2n) is 2.72. The predicted octanol–water partition coefficient (Wildman–Crippen LogP) is 0.0344. The molecule has 1 N–H and O–H groups in total. The number of aryl methyl sites for hydroxylation is 2. The molecule has 2 aromatic rings. The highest BCUT2D eigenvalue weighted by Crippen LogP contribution is 2.06. The summed E-state index contributed by atoms with van der Waals surface area (Å²) in [5, 5.41) is 10.1. The van der Waals surface area contributed by atoms with Gasteiger partial charge in [0, 0.05) is 5.56 Å². The van der Waals surface area contributed by atoms with E-state index in [0.29, 0.717) is 5.65 Å². The van der Waals surface area contributed by atoms with E-state index in [2.05, 4.69) is 15.3 Å². The SMILES string of the molecule is Cc1cnn2c(=O)[nH]nc2c1C. The number of nitrogens with zero attached hydrogens (tertiary/aromatic N) is 3. The number of rotatable bonds is 0. The second-order valence-corrected chi connectivity index (χ2v) is 2.72. The largest absolute Gasteiger partial charge is 0.364 e. The number of fused-ring (bicyclic) bond motifs is 1. The van der Waals surface area contributed by atoms with E-state index < -0.39 is 0 Å². The Morgan fingerprint density at radius 1 is 1.50 bits per heavy atom. The van der Waals surface area contributed by atoms with Crippen LogP contribution in [-0.2, 0) is 0 Å². The number of hydrogen-bond donors (Lipinski definition) is 1. The standard InChI is InChI=1S/C7H8N4O/c1-4-3-8-11-6(5(4)2)9-10-7(11)12/h3H,1-2H3,(H,10,12). The molecule has 0 aromatic carbocycles. The van der Waals surface area contributed by atoms with Crippen molar-refractivity contribution in [2.24, 2.45) is 0 Å². The molecule has 2 heterocycles. The van der Waals surface area contributed by atoms with Crippen molar-refractivity contribution in [1.29, 1.82) is 0 Å². The molecule has 5 heteroatoms. The zero-order valence-corrected chi connectivity index (χ0v) is 6.83. The molecular weight excluding hydrogens is 156 g/mol. The molecule has 0 aliphatic heterocycles. The number of H-pyrrole nitrogens is 1. The number of hydrogen-bond acceptors (Lipinski definition) is 3. The van der Waals surface area contributed by atoms with Gasteiger partial charge in [-0.25, -0.2) is 9.89 Å². The molecule has 0 radical (unpaired) electrons. The maximum atomic E-state index is 11.0. The van der Waals surface area contributed by atoms with Crippen LogP contribution in [0.2, 0.25) is 0 Å². The van der Waals surface area contributed by atoms with Crippen molar-refractivity contribution in [1.82, 2.24) is 19.8 Å². The lowest BCUT2D eigenvalue weighted by atomic mass is 10.2. The van der Waals surface area contributed by atoms with Gasteiger partial charge in [0.05, 0.1) is 6.20 Å². The van der Waals surface area contributed by atoms with Gasteiger partial charge in [0.25, 0.3) is 0 Å². The van der Waals surface area contributed by atoms with Crippen molar-refractivity contribution in [3.05, 3.63) is 27.8 Å². The van der Waals surface area contributed by atoms with Crippen LogP contribution in [0.3, 0.4) is 0 Å². The second kappa shape index (κ2) is 2.17. The van der Waals surface area contributed by atoms with Crippen LogP contribution in [-0.4, -0.2) is 19.8 Å². The maximum absolute atomic E-state index is 11.0. The molecule has 0 atom stereocenters. The third-order valence-corrected chi connectivity index (χ3v) is 1.94. The minimum absolute atomic E-state index is 0.298. The zero-order valence-electron chi connectivity index (χ0n) is 6.83. The van der Waals surface area contributed by atoms with Crippen molar-refractivity contribution in [3.8, 4) is 0 Å². The maximum Gasteiger partial charge on any atom is 0.364 e. The normalized spacial score (nSPS) is 10.8. The highest BCUT2D eigenvalue weighted by molar-refractivity contribution is 5.47. The van der Waals surface area contributed by atoms with E-state index in [1.165, 1.54) is 4.52 Å². The molecule has 12 heavy (non-hydrogen) atoms. The average molecular weight is 164 g/mol. The zero-order chi connectivity index (χ0) is 8.72. The number of aromatic amines is 1. The lowest BCUT2D eigenvalue weighted by Gasteiger charge is -1.97. The Balaban J connectivity index is 3.02. The number of aromatic nitrogens is 4. The Labute approximate surface area is 68.0 Å². The fraction of sp³-hybridized carbons (Fsp3) is 0.286. The molecule has 2 rings (SSSR count). The van der Waals surface area contributed by atoms with Crippen molar-refractivity contribution < 1.29 is 0 Å². The molecule has 0 amide bonds. The third kappa shape index (κ3) is 0.761. The van der Waals surface area contributed by atoms with Gasteiger partial charge in [0.2, 0.25) is 0 Å². The quantitative estimate of drug-likeness (QED) is 0.597. The molecular formula is C7H8N4O. The van der Waals surface area contributed by atoms with Crippen LogP contribution in [0.4, 0.5) is 0 Å². The van der Waals surface area contributed by atoms with E-state index in [-0.39, 0.29) is 5.69 Å². The highest BCUT2D eigenvalue weighted by atomic mass is 16.2. The average Bonchev–Trinajstić information content (AvgIpc) is 2.41. The van der Waals surface area contributed by atoms with Crippen LogP contribution in [0.1, 0.15) is 11.1 Å². The molecule has 2 aromatic heterocycles. The summed E-state index contributed by atoms with van der Waals surface area (Å²) < 4.78 is 1.25. The van der Waals surface area contributed by atoms with E-state index in [9.17, 15) is 4.79 Å². The minimum Gasteiger partial charge on any atom is -0.244 e. The van der Waals surface area contributed by atoms with Gasteiger partial charge in [0.15, 0.2) is 5.65 Å². The molecule has 5 nitrogen and oxygen atoms in total. The molecule has 0 bridgehead atoms. The molecule has 0 saturated carbocycles. The van der Waals surface area contributed by atoms with E-state index in [0.717, 1.165) is 11.1 Å². The highest BCUT2D eigenvalue weighted by Gasteiger charge is 2.04. The van der Waals surface area contributed by atoms with Gasteiger partial charge in [-0.15, -0.1) is 0 Å². The minimum atomic E-state index is -0.298. The first-order valence-corrected chi connectivity index (χ1v) is 3.60. The van der Waals surface area contributed by atoms with Crippen molar-refractivity contribution in [2.75, 3.05) is 0 Å². The van der Waals surface area contributed by atoms with Crippen LogP contribution < -0.4 is 5.69 Å². The van der Waals surface area contributed by atoms with Gasteiger partial charge >= 0.3 is 5.69 Å². The van der Waals surface area contributed by atoms with Gasteiger partial charge in [-0.2, -0.15) is 14.7 Å². The van der Waals surface area contributed by atoms with Gasteiger partial charge in [0.1, 0.15) is 0 Å². The topological polar surface area (TPSA) is 63.1 Å². The Morgan fingerprint density at radius 3 is 3.00 bits per heavy atom. The molecule has 0 saturated heterocycles. The molecule has 0 aliphatic rings. The third-order valence-electron chi connectivity index (χ3n) is 1.94. The Bertz CT molecular complexity index is 482. The number of nitrogens with one attached hydrogen (secondary N) is 1. The Morgan fingerprint density at radius 2 is 2.25 bits per heavy atom. The summed E-state index contributed by atoms with van der Waals surface area (Å²) in [5.74, 6) is 0. The fourth-order valence-electron chi connectivity index (χ4n) is 1.06. The van der Waals surface area contributed by atoms with E-state index in [1.807, 2.05) is 13.8 Å². The van der Waals surface area contributed by atoms with E-state index >= 15 is 0 Å². The van der Waals surface area contributed by atoms with Crippen molar-refractivity contribution in [2.45, 2.75) is 13.8 Å². The summed E-state index contributed by atoms with van der Waals surface area (Å²) in [6.07, 6.45) is 1.65. The van der Waals surface area contributed by atoms with Gasteiger partial charge in [-0.05, 0) is 19.4 Å². The smallest absolute Gasteiger partial charge is 0.244 e. The first kappa shape index (κ1) is 7.02. The van der Waals surface area contributed by atoms with Crippen LogP contribution in [0.15, 0.2) is 11.0 Å². The summed E-state index contributed by atoms with van der Waals surface area (Å²) >= 11 is 0. The molecule has 0 unspecified atom stereocenters. The lowest BCUT2D eigenvalue weighted by molar-refractivity contribution is 0.868. The molecule has 0 spiro atoms. The van der Waals surface area contributed by atoms with Crippen molar-refractivity contribution in [3.63, 3.8) is 0 Å². The molecule has 62 valence electrons. The summed E-state index contributed by atoms with van der Waals surface area (Å²) in [4.78, 5) is 11.0. The fourth-order valence-corrected chi connectivity index (χ4v) is 1.06. The first-order chi connectivity index (χ1) is 5.70. The van der Waals surface area contributed by atoms with E-state index in [4.69, 9.17) is 0 Å². The summed E-state index contributed by atoms with van der Waals surface area (Å²) in [6.45, 7) is 3.84. The molecule has 0 fully saturated rings. The monoisotopic (exact) mass is 164 g/mol. The molecule has 0 aliphatic carbocycles. The Hall–Kier alpha value is -1.65. The van der Waals surface area contributed by atoms with Gasteiger partial charge < -0.3 is 0 Å². The Kier molecular flexibility index (Phi) is 1.27. The predicted molar refractivity (Wildman–Crippen MR) is 43.1 cm³/mol. The summed E-state index contributed by atoms with van der Waals surface area (Å²) in [7, 11) is 0.